The molecule has 0 aromatic heterocycles. The quantitative estimate of drug-likeness (QED) is 0.608. The Labute approximate surface area is 117 Å². The normalized spacial score (nSPS) is 10.2. The fourth-order valence-electron chi connectivity index (χ4n) is 1.72. The maximum Gasteiger partial charge on any atom is 0.173 e. The summed E-state index contributed by atoms with van der Waals surface area (Å²) in [7, 11) is 1.62. The number of hydrogen-bond acceptors (Lipinski definition) is 3. The number of thioether (sulfide) groups is 1. The van der Waals surface area contributed by atoms with Gasteiger partial charge in [0.05, 0.1) is 12.9 Å². The SMILES string of the molecule is COc1ccc(C(=O)CSc2ccccc2C)cc1. The van der Waals surface area contributed by atoms with Gasteiger partial charge in [0.15, 0.2) is 5.78 Å². The molecule has 0 aliphatic heterocycles. The van der Waals surface area contributed by atoms with Crippen molar-refractivity contribution in [2.24, 2.45) is 0 Å². The zero-order chi connectivity index (χ0) is 13.7. The zero-order valence-corrected chi connectivity index (χ0v) is 11.9. The Hall–Kier alpha value is -1.74. The molecule has 0 fully saturated rings. The van der Waals surface area contributed by atoms with Crippen molar-refractivity contribution in [2.75, 3.05) is 12.9 Å². The first-order valence-corrected chi connectivity index (χ1v) is 7.05. The molecule has 2 aromatic rings. The van der Waals surface area contributed by atoms with Crippen molar-refractivity contribution in [1.29, 1.82) is 0 Å². The van der Waals surface area contributed by atoms with Crippen molar-refractivity contribution in [3.05, 3.63) is 59.7 Å². The molecule has 98 valence electrons. The first-order valence-electron chi connectivity index (χ1n) is 6.06. The van der Waals surface area contributed by atoms with E-state index < -0.39 is 0 Å². The smallest absolute Gasteiger partial charge is 0.173 e. The molecule has 0 saturated carbocycles. The zero-order valence-electron chi connectivity index (χ0n) is 11.1. The van der Waals surface area contributed by atoms with Gasteiger partial charge in [-0.2, -0.15) is 0 Å². The molecule has 0 N–H and O–H groups in total. The number of benzene rings is 2. The number of methoxy groups -OCH3 is 1. The van der Waals surface area contributed by atoms with Crippen LogP contribution in [0.3, 0.4) is 0 Å². The second-order valence-electron chi connectivity index (χ2n) is 4.21. The van der Waals surface area contributed by atoms with Gasteiger partial charge in [0.25, 0.3) is 0 Å². The minimum atomic E-state index is 0.135. The Morgan fingerprint density at radius 3 is 2.42 bits per heavy atom. The van der Waals surface area contributed by atoms with Gasteiger partial charge >= 0.3 is 0 Å². The fourth-order valence-corrected chi connectivity index (χ4v) is 2.65. The molecule has 19 heavy (non-hydrogen) atoms. The summed E-state index contributed by atoms with van der Waals surface area (Å²) >= 11 is 1.58. The molecule has 0 saturated heterocycles. The van der Waals surface area contributed by atoms with Gasteiger partial charge in [0, 0.05) is 10.5 Å². The Morgan fingerprint density at radius 1 is 1.11 bits per heavy atom. The van der Waals surface area contributed by atoms with Crippen molar-refractivity contribution < 1.29 is 9.53 Å². The summed E-state index contributed by atoms with van der Waals surface area (Å²) in [6.45, 7) is 2.06. The summed E-state index contributed by atoms with van der Waals surface area (Å²) in [5.41, 5.74) is 1.93. The standard InChI is InChI=1S/C16H16O2S/c1-12-5-3-4-6-16(12)19-11-15(17)13-7-9-14(18-2)10-8-13/h3-10H,11H2,1-2H3. The number of aryl methyl sites for hydroxylation is 1. The lowest BCUT2D eigenvalue weighted by Crippen LogP contribution is -2.02. The van der Waals surface area contributed by atoms with E-state index in [0.29, 0.717) is 5.75 Å². The maximum absolute atomic E-state index is 12.1. The van der Waals surface area contributed by atoms with Crippen molar-refractivity contribution in [1.82, 2.24) is 0 Å². The molecule has 0 atom stereocenters. The van der Waals surface area contributed by atoms with Crippen LogP contribution in [0.15, 0.2) is 53.4 Å². The van der Waals surface area contributed by atoms with E-state index in [1.54, 1.807) is 31.0 Å². The molecule has 0 aliphatic carbocycles. The molecular formula is C16H16O2S. The molecule has 0 unspecified atom stereocenters. The summed E-state index contributed by atoms with van der Waals surface area (Å²) in [6, 6.07) is 15.3. The van der Waals surface area contributed by atoms with E-state index in [-0.39, 0.29) is 5.78 Å². The van der Waals surface area contributed by atoms with E-state index in [9.17, 15) is 4.79 Å². The van der Waals surface area contributed by atoms with Crippen LogP contribution < -0.4 is 4.74 Å². The maximum atomic E-state index is 12.1. The average molecular weight is 272 g/mol. The summed E-state index contributed by atoms with van der Waals surface area (Å²) in [4.78, 5) is 13.2. The molecule has 0 aliphatic rings. The van der Waals surface area contributed by atoms with Crippen molar-refractivity contribution in [3.8, 4) is 5.75 Å². The average Bonchev–Trinajstić information content (AvgIpc) is 2.46. The molecule has 3 heteroatoms. The van der Waals surface area contributed by atoms with Crippen LogP contribution in [-0.4, -0.2) is 18.6 Å². The van der Waals surface area contributed by atoms with Gasteiger partial charge in [-0.05, 0) is 42.8 Å². The van der Waals surface area contributed by atoms with E-state index >= 15 is 0 Å². The highest BCUT2D eigenvalue weighted by atomic mass is 32.2. The first kappa shape index (κ1) is 13.7. The second-order valence-corrected chi connectivity index (χ2v) is 5.22. The summed E-state index contributed by atoms with van der Waals surface area (Å²) in [6.07, 6.45) is 0. The molecule has 0 heterocycles. The predicted octanol–water partition coefficient (Wildman–Crippen LogP) is 3.98. The van der Waals surface area contributed by atoms with Gasteiger partial charge < -0.3 is 4.74 Å². The number of ether oxygens (including phenoxy) is 1. The molecular weight excluding hydrogens is 256 g/mol. The number of hydrogen-bond donors (Lipinski definition) is 0. The van der Waals surface area contributed by atoms with E-state index in [2.05, 4.69) is 13.0 Å². The summed E-state index contributed by atoms with van der Waals surface area (Å²) < 4.78 is 5.08. The van der Waals surface area contributed by atoms with Crippen molar-refractivity contribution in [3.63, 3.8) is 0 Å². The second kappa shape index (κ2) is 6.43. The van der Waals surface area contributed by atoms with Gasteiger partial charge in [-0.1, -0.05) is 18.2 Å². The lowest BCUT2D eigenvalue weighted by atomic mass is 10.1. The minimum absolute atomic E-state index is 0.135. The van der Waals surface area contributed by atoms with E-state index in [4.69, 9.17) is 4.74 Å². The molecule has 0 radical (unpaired) electrons. The fraction of sp³-hybridized carbons (Fsp3) is 0.188. The third-order valence-corrected chi connectivity index (χ3v) is 4.04. The third kappa shape index (κ3) is 3.61. The van der Waals surface area contributed by atoms with Crippen LogP contribution in [0.5, 0.6) is 5.75 Å². The van der Waals surface area contributed by atoms with Gasteiger partial charge in [-0.25, -0.2) is 0 Å². The number of rotatable bonds is 5. The molecule has 0 spiro atoms. The van der Waals surface area contributed by atoms with E-state index in [1.165, 1.54) is 5.56 Å². The monoisotopic (exact) mass is 272 g/mol. The predicted molar refractivity (Wildman–Crippen MR) is 79.2 cm³/mol. The molecule has 0 amide bonds. The van der Waals surface area contributed by atoms with Gasteiger partial charge in [-0.15, -0.1) is 11.8 Å². The van der Waals surface area contributed by atoms with Gasteiger partial charge in [0.1, 0.15) is 5.75 Å². The molecule has 0 bridgehead atoms. The van der Waals surface area contributed by atoms with Crippen LogP contribution in [0.2, 0.25) is 0 Å². The number of ketones is 1. The molecule has 2 nitrogen and oxygen atoms in total. The minimum Gasteiger partial charge on any atom is -0.497 e. The van der Waals surface area contributed by atoms with Crippen LogP contribution in [-0.2, 0) is 0 Å². The summed E-state index contributed by atoms with van der Waals surface area (Å²) in [5, 5.41) is 0. The van der Waals surface area contributed by atoms with Crippen LogP contribution in [0.1, 0.15) is 15.9 Å². The topological polar surface area (TPSA) is 26.3 Å². The summed E-state index contributed by atoms with van der Waals surface area (Å²) in [5.74, 6) is 1.36. The van der Waals surface area contributed by atoms with E-state index in [1.807, 2.05) is 30.3 Å². The van der Waals surface area contributed by atoms with Crippen LogP contribution in [0, 0.1) is 6.92 Å². The van der Waals surface area contributed by atoms with Gasteiger partial charge in [0.2, 0.25) is 0 Å². The van der Waals surface area contributed by atoms with Crippen molar-refractivity contribution >= 4 is 17.5 Å². The van der Waals surface area contributed by atoms with Crippen LogP contribution in [0.25, 0.3) is 0 Å². The molecule has 2 aromatic carbocycles. The highest BCUT2D eigenvalue weighted by Gasteiger charge is 2.07. The Kier molecular flexibility index (Phi) is 4.63. The number of Topliss-reactive ketones (excluding diaryl/α,β-unsaturated/α-hetero) is 1. The molecule has 2 rings (SSSR count). The van der Waals surface area contributed by atoms with Crippen LogP contribution in [0.4, 0.5) is 0 Å². The Morgan fingerprint density at radius 2 is 1.79 bits per heavy atom. The highest BCUT2D eigenvalue weighted by molar-refractivity contribution is 8.00. The van der Waals surface area contributed by atoms with Crippen LogP contribution >= 0.6 is 11.8 Å². The van der Waals surface area contributed by atoms with E-state index in [0.717, 1.165) is 16.2 Å². The Bertz CT molecular complexity index is 561. The largest absolute Gasteiger partial charge is 0.497 e. The van der Waals surface area contributed by atoms with Crippen molar-refractivity contribution in [2.45, 2.75) is 11.8 Å². The third-order valence-electron chi connectivity index (χ3n) is 2.86. The van der Waals surface area contributed by atoms with Gasteiger partial charge in [-0.3, -0.25) is 4.79 Å². The number of carbonyl (C=O) groups is 1. The number of carbonyl (C=O) groups excluding carboxylic acids is 1. The Balaban J connectivity index is 1.99. The lowest BCUT2D eigenvalue weighted by Gasteiger charge is -2.05. The highest BCUT2D eigenvalue weighted by Crippen LogP contribution is 2.23. The lowest BCUT2D eigenvalue weighted by molar-refractivity contribution is 0.102. The first-order chi connectivity index (χ1) is 9.20.